The molecule has 0 N–H and O–H groups in total. The van der Waals surface area contributed by atoms with Crippen molar-refractivity contribution in [3.63, 3.8) is 0 Å². The number of benzene rings is 7. The van der Waals surface area contributed by atoms with E-state index in [9.17, 15) is 0 Å². The molecule has 6 heteroatoms. The van der Waals surface area contributed by atoms with E-state index in [1.54, 1.807) is 0 Å². The van der Waals surface area contributed by atoms with Crippen LogP contribution in [0.15, 0.2) is 176 Å². The van der Waals surface area contributed by atoms with Gasteiger partial charge in [0, 0.05) is 45.0 Å². The van der Waals surface area contributed by atoms with Crippen LogP contribution in [0, 0.1) is 0 Å². The Balaban J connectivity index is 1.18. The molecule has 11 rings (SSSR count). The molecule has 54 heavy (non-hydrogen) atoms. The summed E-state index contributed by atoms with van der Waals surface area (Å²) in [5, 5.41) is 1.01. The van der Waals surface area contributed by atoms with Crippen LogP contribution in [0.4, 0.5) is 0 Å². The second-order valence-electron chi connectivity index (χ2n) is 13.7. The van der Waals surface area contributed by atoms with Gasteiger partial charge >= 0.3 is 0 Å². The van der Waals surface area contributed by atoms with Gasteiger partial charge in [-0.1, -0.05) is 140 Å². The molecule has 0 saturated carbocycles. The smallest absolute Gasteiger partial charge is 0.164 e. The maximum Gasteiger partial charge on any atom is 0.164 e. The van der Waals surface area contributed by atoms with Crippen LogP contribution in [0.3, 0.4) is 0 Å². The lowest BCUT2D eigenvalue weighted by Crippen LogP contribution is -2.32. The van der Waals surface area contributed by atoms with Gasteiger partial charge in [-0.05, 0) is 52.6 Å². The molecule has 0 fully saturated rings. The Morgan fingerprint density at radius 1 is 0.370 bits per heavy atom. The Bertz CT molecular complexity index is 2820. The summed E-state index contributed by atoms with van der Waals surface area (Å²) < 4.78 is 6.58. The van der Waals surface area contributed by atoms with Crippen LogP contribution in [-0.4, -0.2) is 24.9 Å². The molecule has 9 aromatic rings. The highest BCUT2D eigenvalue weighted by atomic mass is 16.5. The first-order chi connectivity index (χ1) is 26.7. The van der Waals surface area contributed by atoms with Gasteiger partial charge in [-0.2, -0.15) is 0 Å². The molecule has 0 radical (unpaired) electrons. The van der Waals surface area contributed by atoms with Gasteiger partial charge in [0.05, 0.1) is 10.9 Å². The fourth-order valence-electron chi connectivity index (χ4n) is 8.24. The molecule has 252 valence electrons. The zero-order valence-electron chi connectivity index (χ0n) is 28.9. The standard InChI is InChI=1S/C48H29N5O/c1-3-13-30(14-4-1)45-51-46(31-15-5-2-6-16-31)53-47(52-45)33-24-26-38-36(28-33)35-27-32(44-49-29-34-17-7-10-20-41(34)50-44)23-25-37(35)48(38)39-18-8-11-21-42(39)54-43-22-12-9-19-40(43)48/h1-29H. The Hall–Kier alpha value is -7.31. The quantitative estimate of drug-likeness (QED) is 0.183. The van der Waals surface area contributed by atoms with Crippen LogP contribution in [-0.2, 0) is 5.41 Å². The molecule has 3 heterocycles. The minimum absolute atomic E-state index is 0.606. The van der Waals surface area contributed by atoms with E-state index in [2.05, 4.69) is 72.8 Å². The molecule has 6 nitrogen and oxygen atoms in total. The molecular formula is C48H29N5O. The molecular weight excluding hydrogens is 663 g/mol. The van der Waals surface area contributed by atoms with E-state index in [4.69, 9.17) is 29.7 Å². The fraction of sp³-hybridized carbons (Fsp3) is 0.0208. The van der Waals surface area contributed by atoms with Crippen molar-refractivity contribution in [3.05, 3.63) is 198 Å². The van der Waals surface area contributed by atoms with Crippen LogP contribution in [0.2, 0.25) is 0 Å². The summed E-state index contributed by atoms with van der Waals surface area (Å²) in [6, 6.07) is 58.4. The van der Waals surface area contributed by atoms with Crippen LogP contribution in [0.5, 0.6) is 11.5 Å². The van der Waals surface area contributed by atoms with Gasteiger partial charge in [-0.3, -0.25) is 0 Å². The third-order valence-electron chi connectivity index (χ3n) is 10.6. The van der Waals surface area contributed by atoms with Gasteiger partial charge in [0.1, 0.15) is 11.5 Å². The lowest BCUT2D eigenvalue weighted by molar-refractivity contribution is 0.436. The minimum Gasteiger partial charge on any atom is -0.457 e. The van der Waals surface area contributed by atoms with Crippen molar-refractivity contribution in [2.24, 2.45) is 0 Å². The average molecular weight is 692 g/mol. The van der Waals surface area contributed by atoms with Crippen molar-refractivity contribution >= 4 is 10.9 Å². The van der Waals surface area contributed by atoms with E-state index in [1.807, 2.05) is 103 Å². The first-order valence-corrected chi connectivity index (χ1v) is 18.0. The summed E-state index contributed by atoms with van der Waals surface area (Å²) in [6.45, 7) is 0. The van der Waals surface area contributed by atoms with Crippen LogP contribution in [0.25, 0.3) is 67.6 Å². The Labute approximate surface area is 311 Å². The van der Waals surface area contributed by atoms with Gasteiger partial charge in [-0.15, -0.1) is 0 Å². The van der Waals surface area contributed by atoms with E-state index < -0.39 is 5.41 Å². The fourth-order valence-corrected chi connectivity index (χ4v) is 8.24. The average Bonchev–Trinajstić information content (AvgIpc) is 3.53. The van der Waals surface area contributed by atoms with Crippen molar-refractivity contribution in [3.8, 4) is 68.2 Å². The number of hydrogen-bond donors (Lipinski definition) is 0. The second kappa shape index (κ2) is 11.9. The van der Waals surface area contributed by atoms with Gasteiger partial charge in [-0.25, -0.2) is 24.9 Å². The molecule has 0 amide bonds. The molecule has 1 aliphatic carbocycles. The highest BCUT2D eigenvalue weighted by molar-refractivity contribution is 5.92. The predicted octanol–water partition coefficient (Wildman–Crippen LogP) is 11.0. The van der Waals surface area contributed by atoms with E-state index in [0.29, 0.717) is 23.3 Å². The van der Waals surface area contributed by atoms with Crippen molar-refractivity contribution in [2.45, 2.75) is 5.41 Å². The monoisotopic (exact) mass is 691 g/mol. The van der Waals surface area contributed by atoms with Crippen molar-refractivity contribution < 1.29 is 4.74 Å². The van der Waals surface area contributed by atoms with Crippen LogP contribution < -0.4 is 4.74 Å². The number of fused-ring (bicyclic) bond motifs is 10. The summed E-state index contributed by atoms with van der Waals surface area (Å²) in [5.74, 6) is 4.23. The van der Waals surface area contributed by atoms with Crippen molar-refractivity contribution in [2.75, 3.05) is 0 Å². The third-order valence-corrected chi connectivity index (χ3v) is 10.6. The van der Waals surface area contributed by atoms with Gasteiger partial charge in [0.25, 0.3) is 0 Å². The summed E-state index contributed by atoms with van der Waals surface area (Å²) >= 11 is 0. The number of ether oxygens (including phenoxy) is 1. The van der Waals surface area contributed by atoms with Crippen molar-refractivity contribution in [1.82, 2.24) is 24.9 Å². The van der Waals surface area contributed by atoms with E-state index in [1.165, 1.54) is 11.1 Å². The maximum absolute atomic E-state index is 6.58. The topological polar surface area (TPSA) is 73.7 Å². The highest BCUT2D eigenvalue weighted by Crippen LogP contribution is 2.62. The summed E-state index contributed by atoms with van der Waals surface area (Å²) in [7, 11) is 0. The van der Waals surface area contributed by atoms with Crippen LogP contribution >= 0.6 is 0 Å². The zero-order valence-corrected chi connectivity index (χ0v) is 28.9. The highest BCUT2D eigenvalue weighted by Gasteiger charge is 2.51. The molecule has 7 aromatic carbocycles. The molecule has 0 saturated heterocycles. The molecule has 1 spiro atoms. The largest absolute Gasteiger partial charge is 0.457 e. The Morgan fingerprint density at radius 3 is 1.44 bits per heavy atom. The lowest BCUT2D eigenvalue weighted by atomic mass is 9.66. The molecule has 0 bridgehead atoms. The Morgan fingerprint density at radius 2 is 0.852 bits per heavy atom. The predicted molar refractivity (Wildman–Crippen MR) is 212 cm³/mol. The molecule has 0 unspecified atom stereocenters. The molecule has 1 aliphatic heterocycles. The summed E-state index contributed by atoms with van der Waals surface area (Å²) in [5.41, 5.74) is 10.7. The molecule has 0 atom stereocenters. The zero-order chi connectivity index (χ0) is 35.6. The number of aromatic nitrogens is 5. The molecule has 2 aromatic heterocycles. The summed E-state index contributed by atoms with van der Waals surface area (Å²) in [4.78, 5) is 24.9. The number of para-hydroxylation sites is 3. The van der Waals surface area contributed by atoms with Gasteiger partial charge in [0.2, 0.25) is 0 Å². The van der Waals surface area contributed by atoms with Crippen LogP contribution in [0.1, 0.15) is 22.3 Å². The minimum atomic E-state index is -0.624. The second-order valence-corrected chi connectivity index (χ2v) is 13.7. The number of nitrogens with zero attached hydrogens (tertiary/aromatic N) is 5. The normalized spacial score (nSPS) is 13.1. The van der Waals surface area contributed by atoms with E-state index >= 15 is 0 Å². The third kappa shape index (κ3) is 4.57. The SMILES string of the molecule is c1ccc(-c2nc(-c3ccccc3)nc(-c3ccc4c(c3)-c3cc(-c5ncc6ccccc6n5)ccc3C43c4ccccc4Oc4ccccc43)n2)cc1. The van der Waals surface area contributed by atoms with E-state index in [0.717, 1.165) is 66.9 Å². The first-order valence-electron chi connectivity index (χ1n) is 18.0. The number of rotatable bonds is 4. The molecule has 2 aliphatic rings. The number of hydrogen-bond acceptors (Lipinski definition) is 6. The van der Waals surface area contributed by atoms with Gasteiger partial charge < -0.3 is 4.74 Å². The summed E-state index contributed by atoms with van der Waals surface area (Å²) in [6.07, 6.45) is 1.90. The van der Waals surface area contributed by atoms with E-state index in [-0.39, 0.29) is 0 Å². The lowest BCUT2D eigenvalue weighted by Gasteiger charge is -2.39. The van der Waals surface area contributed by atoms with Crippen molar-refractivity contribution in [1.29, 1.82) is 0 Å². The maximum atomic E-state index is 6.58. The first kappa shape index (κ1) is 30.3. The Kier molecular flexibility index (Phi) is 6.67. The van der Waals surface area contributed by atoms with Gasteiger partial charge in [0.15, 0.2) is 23.3 Å².